The summed E-state index contributed by atoms with van der Waals surface area (Å²) >= 11 is 0. The second-order valence-electron chi connectivity index (χ2n) is 6.76. The van der Waals surface area contributed by atoms with Crippen LogP contribution in [0.1, 0.15) is 12.8 Å². The van der Waals surface area contributed by atoms with Crippen LogP contribution in [0.3, 0.4) is 0 Å². The number of hydrogen-bond acceptors (Lipinski definition) is 6. The molecule has 4 rings (SSSR count). The summed E-state index contributed by atoms with van der Waals surface area (Å²) in [6.45, 7) is 3.38. The number of nitrogens with zero attached hydrogens (tertiary/aromatic N) is 3. The SMILES string of the molecule is O=C(Nc1ccc(O[C@@H]2CCNC2)cc1)C1CCN(c2cccnn2)C1. The van der Waals surface area contributed by atoms with Crippen molar-refractivity contribution in [3.8, 4) is 5.75 Å². The molecule has 7 heteroatoms. The Morgan fingerprint density at radius 3 is 2.85 bits per heavy atom. The molecule has 0 radical (unpaired) electrons. The number of nitrogens with one attached hydrogen (secondary N) is 2. The Morgan fingerprint density at radius 1 is 1.23 bits per heavy atom. The molecule has 2 aliphatic rings. The molecule has 1 aromatic carbocycles. The fraction of sp³-hybridized carbons (Fsp3) is 0.421. The number of hydrogen-bond donors (Lipinski definition) is 2. The number of benzene rings is 1. The van der Waals surface area contributed by atoms with E-state index in [4.69, 9.17) is 4.74 Å². The summed E-state index contributed by atoms with van der Waals surface area (Å²) in [6, 6.07) is 11.4. The Kier molecular flexibility index (Phi) is 4.97. The molecule has 2 aliphatic heterocycles. The van der Waals surface area contributed by atoms with Gasteiger partial charge in [0.15, 0.2) is 5.82 Å². The lowest BCUT2D eigenvalue weighted by Gasteiger charge is -2.16. The minimum absolute atomic E-state index is 0.0440. The summed E-state index contributed by atoms with van der Waals surface area (Å²) in [7, 11) is 0. The first-order valence-electron chi connectivity index (χ1n) is 9.09. The molecule has 1 amide bonds. The van der Waals surface area contributed by atoms with Crippen molar-refractivity contribution < 1.29 is 9.53 Å². The predicted octanol–water partition coefficient (Wildman–Crippen LogP) is 1.68. The van der Waals surface area contributed by atoms with Crippen LogP contribution in [0.2, 0.25) is 0 Å². The molecule has 0 aliphatic carbocycles. The molecule has 2 aromatic rings. The van der Waals surface area contributed by atoms with Gasteiger partial charge in [0.05, 0.1) is 5.92 Å². The van der Waals surface area contributed by atoms with Gasteiger partial charge in [-0.15, -0.1) is 5.10 Å². The van der Waals surface area contributed by atoms with Crippen molar-refractivity contribution in [2.24, 2.45) is 5.92 Å². The number of carbonyl (C=O) groups excluding carboxylic acids is 1. The van der Waals surface area contributed by atoms with Gasteiger partial charge in [-0.3, -0.25) is 4.79 Å². The molecule has 1 unspecified atom stereocenters. The minimum Gasteiger partial charge on any atom is -0.489 e. The Morgan fingerprint density at radius 2 is 2.12 bits per heavy atom. The standard InChI is InChI=1S/C19H23N5O2/c25-19(14-8-11-24(13-14)18-2-1-9-21-23-18)22-15-3-5-16(6-4-15)26-17-7-10-20-12-17/h1-6,9,14,17,20H,7-8,10-13H2,(H,22,25)/t14?,17-/m1/s1. The maximum atomic E-state index is 12.5. The fourth-order valence-corrected chi connectivity index (χ4v) is 3.43. The zero-order valence-electron chi connectivity index (χ0n) is 14.6. The lowest BCUT2D eigenvalue weighted by molar-refractivity contribution is -0.119. The van der Waals surface area contributed by atoms with Crippen LogP contribution in [0.4, 0.5) is 11.5 Å². The zero-order chi connectivity index (χ0) is 17.8. The van der Waals surface area contributed by atoms with Gasteiger partial charge in [-0.1, -0.05) is 0 Å². The first-order valence-corrected chi connectivity index (χ1v) is 9.09. The van der Waals surface area contributed by atoms with Crippen LogP contribution < -0.4 is 20.3 Å². The molecule has 2 atom stereocenters. The van der Waals surface area contributed by atoms with E-state index in [0.29, 0.717) is 6.54 Å². The third-order valence-corrected chi connectivity index (χ3v) is 4.88. The van der Waals surface area contributed by atoms with Crippen LogP contribution in [-0.4, -0.2) is 48.4 Å². The zero-order valence-corrected chi connectivity index (χ0v) is 14.6. The topological polar surface area (TPSA) is 79.4 Å². The Hall–Kier alpha value is -2.67. The monoisotopic (exact) mass is 353 g/mol. The molecule has 2 fully saturated rings. The second-order valence-corrected chi connectivity index (χ2v) is 6.76. The van der Waals surface area contributed by atoms with Gasteiger partial charge < -0.3 is 20.3 Å². The van der Waals surface area contributed by atoms with E-state index < -0.39 is 0 Å². The van der Waals surface area contributed by atoms with Gasteiger partial charge >= 0.3 is 0 Å². The average Bonchev–Trinajstić information content (AvgIpc) is 3.36. The normalized spacial score (nSPS) is 22.4. The van der Waals surface area contributed by atoms with Crippen molar-refractivity contribution in [3.05, 3.63) is 42.6 Å². The highest BCUT2D eigenvalue weighted by Gasteiger charge is 2.29. The highest BCUT2D eigenvalue weighted by molar-refractivity contribution is 5.93. The summed E-state index contributed by atoms with van der Waals surface area (Å²) in [5.41, 5.74) is 0.796. The maximum Gasteiger partial charge on any atom is 0.229 e. The first kappa shape index (κ1) is 16.8. The van der Waals surface area contributed by atoms with Gasteiger partial charge in [0.25, 0.3) is 0 Å². The van der Waals surface area contributed by atoms with Crippen molar-refractivity contribution >= 4 is 17.4 Å². The number of anilines is 2. The third-order valence-electron chi connectivity index (χ3n) is 4.88. The summed E-state index contributed by atoms with van der Waals surface area (Å²) in [5.74, 6) is 1.67. The molecule has 7 nitrogen and oxygen atoms in total. The second kappa shape index (κ2) is 7.70. The van der Waals surface area contributed by atoms with Crippen LogP contribution in [0.15, 0.2) is 42.6 Å². The highest BCUT2D eigenvalue weighted by Crippen LogP contribution is 2.24. The average molecular weight is 353 g/mol. The number of amides is 1. The Balaban J connectivity index is 1.30. The van der Waals surface area contributed by atoms with Crippen LogP contribution >= 0.6 is 0 Å². The van der Waals surface area contributed by atoms with Crippen molar-refractivity contribution in [2.75, 3.05) is 36.4 Å². The fourth-order valence-electron chi connectivity index (χ4n) is 3.43. The quantitative estimate of drug-likeness (QED) is 0.851. The minimum atomic E-state index is -0.0440. The molecule has 0 spiro atoms. The summed E-state index contributed by atoms with van der Waals surface area (Å²) in [4.78, 5) is 14.6. The third kappa shape index (κ3) is 3.94. The van der Waals surface area contributed by atoms with E-state index in [1.807, 2.05) is 36.4 Å². The highest BCUT2D eigenvalue weighted by atomic mass is 16.5. The van der Waals surface area contributed by atoms with E-state index >= 15 is 0 Å². The van der Waals surface area contributed by atoms with Gasteiger partial charge in [-0.2, -0.15) is 5.10 Å². The number of rotatable bonds is 5. The maximum absolute atomic E-state index is 12.5. The van der Waals surface area contributed by atoms with E-state index in [9.17, 15) is 4.79 Å². The molecule has 3 heterocycles. The van der Waals surface area contributed by atoms with E-state index in [1.54, 1.807) is 6.20 Å². The molecule has 2 saturated heterocycles. The van der Waals surface area contributed by atoms with Crippen LogP contribution in [0, 0.1) is 5.92 Å². The van der Waals surface area contributed by atoms with Crippen molar-refractivity contribution in [1.82, 2.24) is 15.5 Å². The number of aromatic nitrogens is 2. The van der Waals surface area contributed by atoms with E-state index in [0.717, 1.165) is 49.7 Å². The van der Waals surface area contributed by atoms with Crippen molar-refractivity contribution in [1.29, 1.82) is 0 Å². The molecular formula is C19H23N5O2. The van der Waals surface area contributed by atoms with E-state index in [2.05, 4.69) is 25.7 Å². The van der Waals surface area contributed by atoms with Crippen molar-refractivity contribution in [3.63, 3.8) is 0 Å². The summed E-state index contributed by atoms with van der Waals surface area (Å²) < 4.78 is 5.90. The lowest BCUT2D eigenvalue weighted by atomic mass is 10.1. The summed E-state index contributed by atoms with van der Waals surface area (Å²) in [5, 5.41) is 14.3. The van der Waals surface area contributed by atoms with Gasteiger partial charge in [0.1, 0.15) is 11.9 Å². The van der Waals surface area contributed by atoms with Gasteiger partial charge in [0, 0.05) is 31.5 Å². The van der Waals surface area contributed by atoms with E-state index in [1.165, 1.54) is 0 Å². The van der Waals surface area contributed by atoms with Gasteiger partial charge in [0.2, 0.25) is 5.91 Å². The smallest absolute Gasteiger partial charge is 0.229 e. The molecule has 0 saturated carbocycles. The molecule has 26 heavy (non-hydrogen) atoms. The lowest BCUT2D eigenvalue weighted by Crippen LogP contribution is -2.27. The van der Waals surface area contributed by atoms with Crippen molar-refractivity contribution in [2.45, 2.75) is 18.9 Å². The largest absolute Gasteiger partial charge is 0.489 e. The van der Waals surface area contributed by atoms with Crippen LogP contribution in [0.25, 0.3) is 0 Å². The van der Waals surface area contributed by atoms with E-state index in [-0.39, 0.29) is 17.9 Å². The summed E-state index contributed by atoms with van der Waals surface area (Å²) in [6.07, 6.45) is 3.74. The molecule has 136 valence electrons. The number of carbonyl (C=O) groups is 1. The Bertz CT molecular complexity index is 731. The van der Waals surface area contributed by atoms with Crippen LogP contribution in [-0.2, 0) is 4.79 Å². The Labute approximate surface area is 152 Å². The number of ether oxygens (including phenoxy) is 1. The van der Waals surface area contributed by atoms with Gasteiger partial charge in [-0.25, -0.2) is 0 Å². The van der Waals surface area contributed by atoms with Crippen LogP contribution in [0.5, 0.6) is 5.75 Å². The molecule has 2 N–H and O–H groups in total. The first-order chi connectivity index (χ1) is 12.8. The predicted molar refractivity (Wildman–Crippen MR) is 99.3 cm³/mol. The molecular weight excluding hydrogens is 330 g/mol. The molecule has 1 aromatic heterocycles. The van der Waals surface area contributed by atoms with Gasteiger partial charge in [-0.05, 0) is 55.8 Å². The molecule has 0 bridgehead atoms.